The van der Waals surface area contributed by atoms with Crippen molar-refractivity contribution < 1.29 is 35.6 Å². The summed E-state index contributed by atoms with van der Waals surface area (Å²) in [5.41, 5.74) is 3.57. The molecule has 0 unspecified atom stereocenters. The molecule has 1 amide bonds. The second-order valence-electron chi connectivity index (χ2n) is 6.59. The number of hydrogen-bond donors (Lipinski definition) is 2. The number of carbonyl (C=O) groups is 1. The highest BCUT2D eigenvalue weighted by Crippen LogP contribution is 2.37. The van der Waals surface area contributed by atoms with E-state index < -0.39 is 40.9 Å². The van der Waals surface area contributed by atoms with Crippen LogP contribution in [0.25, 0.3) is 0 Å². The predicted octanol–water partition coefficient (Wildman–Crippen LogP) is 5.48. The minimum Gasteiger partial charge on any atom is -0.472 e. The third-order valence-electron chi connectivity index (χ3n) is 4.39. The molecule has 5 nitrogen and oxygen atoms in total. The van der Waals surface area contributed by atoms with Crippen LogP contribution >= 0.6 is 0 Å². The van der Waals surface area contributed by atoms with Crippen LogP contribution in [-0.4, -0.2) is 11.7 Å². The van der Waals surface area contributed by atoms with E-state index >= 15 is 0 Å². The Bertz CT molecular complexity index is 1120. The number of aliphatic imine (C=N–C) groups is 1. The molecule has 1 heterocycles. The van der Waals surface area contributed by atoms with Gasteiger partial charge in [-0.05, 0) is 35.9 Å². The Morgan fingerprint density at radius 1 is 0.969 bits per heavy atom. The van der Waals surface area contributed by atoms with Crippen LogP contribution in [-0.2, 0) is 18.9 Å². The third-order valence-corrected chi connectivity index (χ3v) is 4.39. The number of amidine groups is 1. The van der Waals surface area contributed by atoms with Crippen LogP contribution in [0.15, 0.2) is 70.5 Å². The van der Waals surface area contributed by atoms with E-state index in [1.54, 1.807) is 0 Å². The Morgan fingerprint density at radius 2 is 1.66 bits per heavy atom. The quantitative estimate of drug-likeness (QED) is 0.304. The van der Waals surface area contributed by atoms with Gasteiger partial charge in [0.25, 0.3) is 5.91 Å². The van der Waals surface area contributed by atoms with Crippen molar-refractivity contribution in [2.45, 2.75) is 18.9 Å². The molecule has 3 rings (SSSR count). The summed E-state index contributed by atoms with van der Waals surface area (Å²) in [4.78, 5) is 15.7. The number of carbonyl (C=O) groups excluding carboxylic acids is 1. The highest BCUT2D eigenvalue weighted by molar-refractivity contribution is 6.11. The number of furan rings is 1. The molecule has 1 aromatic heterocycles. The van der Waals surface area contributed by atoms with E-state index in [4.69, 9.17) is 10.2 Å². The number of hydrogen-bond acceptors (Lipinski definition) is 3. The lowest BCUT2D eigenvalue weighted by molar-refractivity contribution is -0.138. The number of rotatable bonds is 5. The number of amides is 1. The van der Waals surface area contributed by atoms with Gasteiger partial charge in [-0.1, -0.05) is 18.2 Å². The molecule has 0 atom stereocenters. The molecule has 0 spiro atoms. The summed E-state index contributed by atoms with van der Waals surface area (Å²) in [5, 5.41) is 2.56. The first-order valence-corrected chi connectivity index (χ1v) is 8.98. The van der Waals surface area contributed by atoms with Crippen LogP contribution in [0.4, 0.5) is 32.0 Å². The maximum absolute atomic E-state index is 13.6. The zero-order valence-electron chi connectivity index (χ0n) is 16.1. The van der Waals surface area contributed by atoms with E-state index in [0.717, 1.165) is 42.7 Å². The van der Waals surface area contributed by atoms with Crippen LogP contribution in [0.2, 0.25) is 0 Å². The Hall–Kier alpha value is -3.76. The molecule has 168 valence electrons. The van der Waals surface area contributed by atoms with E-state index in [1.165, 1.54) is 18.4 Å². The number of benzene rings is 2. The average molecular weight is 455 g/mol. The normalized spacial score (nSPS) is 12.6. The lowest BCUT2D eigenvalue weighted by Gasteiger charge is -2.18. The van der Waals surface area contributed by atoms with Gasteiger partial charge in [-0.25, -0.2) is 0 Å². The first-order chi connectivity index (χ1) is 15.0. The van der Waals surface area contributed by atoms with Gasteiger partial charge in [-0.15, -0.1) is 0 Å². The van der Waals surface area contributed by atoms with Crippen molar-refractivity contribution in [1.29, 1.82) is 0 Å². The Kier molecular flexibility index (Phi) is 6.28. The zero-order chi connectivity index (χ0) is 23.5. The van der Waals surface area contributed by atoms with Gasteiger partial charge < -0.3 is 15.5 Å². The fraction of sp³-hybridized carbons (Fsp3) is 0.143. The lowest BCUT2D eigenvalue weighted by atomic mass is 10.0. The zero-order valence-corrected chi connectivity index (χ0v) is 16.1. The molecule has 0 aliphatic carbocycles. The molecular weight excluding hydrogens is 440 g/mol. The molecule has 3 aromatic rings. The molecule has 0 saturated carbocycles. The van der Waals surface area contributed by atoms with E-state index in [0.29, 0.717) is 5.56 Å². The van der Waals surface area contributed by atoms with Crippen molar-refractivity contribution in [2.75, 3.05) is 5.32 Å². The molecular formula is C21H15F6N3O2. The first kappa shape index (κ1) is 22.9. The highest BCUT2D eigenvalue weighted by atomic mass is 19.4. The summed E-state index contributed by atoms with van der Waals surface area (Å²) in [6.45, 7) is -0.235. The first-order valence-electron chi connectivity index (χ1n) is 8.98. The molecule has 32 heavy (non-hydrogen) atoms. The maximum Gasteiger partial charge on any atom is 0.418 e. The van der Waals surface area contributed by atoms with E-state index in [-0.39, 0.29) is 17.7 Å². The van der Waals surface area contributed by atoms with Crippen molar-refractivity contribution in [3.8, 4) is 0 Å². The lowest BCUT2D eigenvalue weighted by Crippen LogP contribution is -2.21. The fourth-order valence-electron chi connectivity index (χ4n) is 2.81. The van der Waals surface area contributed by atoms with Gasteiger partial charge >= 0.3 is 12.4 Å². The number of halogens is 6. The van der Waals surface area contributed by atoms with Crippen molar-refractivity contribution >= 4 is 17.4 Å². The summed E-state index contributed by atoms with van der Waals surface area (Å²) in [6, 6.07) is 8.41. The Balaban J connectivity index is 1.93. The van der Waals surface area contributed by atoms with Crippen molar-refractivity contribution in [3.05, 3.63) is 88.9 Å². The van der Waals surface area contributed by atoms with Gasteiger partial charge in [0.05, 0.1) is 28.6 Å². The standard InChI is InChI=1S/C21H15F6N3O2/c22-20(23,24)14-6-4-12(5-7-14)10-29-17-15(2-1-3-16(17)21(25,26)27)18(28)30-19(31)13-8-9-32-11-13/h1-9,11,29H,10H2,(H2,28,30,31). The number of nitrogens with two attached hydrogens (primary N) is 1. The number of para-hydroxylation sites is 1. The van der Waals surface area contributed by atoms with E-state index in [2.05, 4.69) is 10.3 Å². The monoisotopic (exact) mass is 455 g/mol. The van der Waals surface area contributed by atoms with Crippen LogP contribution in [0, 0.1) is 0 Å². The van der Waals surface area contributed by atoms with Crippen molar-refractivity contribution in [3.63, 3.8) is 0 Å². The van der Waals surface area contributed by atoms with Gasteiger partial charge in [0.1, 0.15) is 12.1 Å². The third kappa shape index (κ3) is 5.29. The minimum absolute atomic E-state index is 0.0548. The second kappa shape index (κ2) is 8.77. The largest absolute Gasteiger partial charge is 0.472 e. The minimum atomic E-state index is -4.77. The second-order valence-corrected chi connectivity index (χ2v) is 6.59. The molecule has 0 fully saturated rings. The molecule has 2 aromatic carbocycles. The molecule has 0 bridgehead atoms. The number of nitrogens with zero attached hydrogens (tertiary/aromatic N) is 1. The maximum atomic E-state index is 13.6. The molecule has 11 heteroatoms. The highest BCUT2D eigenvalue weighted by Gasteiger charge is 2.35. The van der Waals surface area contributed by atoms with Crippen LogP contribution in [0.1, 0.15) is 32.6 Å². The summed E-state index contributed by atoms with van der Waals surface area (Å²) in [6.07, 6.45) is -6.98. The van der Waals surface area contributed by atoms with Gasteiger partial charge in [-0.3, -0.25) is 4.79 Å². The average Bonchev–Trinajstić information content (AvgIpc) is 3.26. The van der Waals surface area contributed by atoms with Crippen molar-refractivity contribution in [1.82, 2.24) is 0 Å². The predicted molar refractivity (Wildman–Crippen MR) is 104 cm³/mol. The molecule has 0 aliphatic rings. The smallest absolute Gasteiger partial charge is 0.418 e. The van der Waals surface area contributed by atoms with E-state index in [9.17, 15) is 31.1 Å². The molecule has 0 saturated heterocycles. The van der Waals surface area contributed by atoms with Gasteiger partial charge in [0.15, 0.2) is 0 Å². The summed E-state index contributed by atoms with van der Waals surface area (Å²) in [7, 11) is 0. The number of nitrogens with one attached hydrogen (secondary N) is 1. The molecule has 3 N–H and O–H groups in total. The summed E-state index contributed by atoms with van der Waals surface area (Å²) >= 11 is 0. The number of alkyl halides is 6. The van der Waals surface area contributed by atoms with Crippen LogP contribution in [0.3, 0.4) is 0 Å². The van der Waals surface area contributed by atoms with Gasteiger partial charge in [0.2, 0.25) is 0 Å². The topological polar surface area (TPSA) is 80.6 Å². The summed E-state index contributed by atoms with van der Waals surface area (Å²) < 4.78 is 83.6. The van der Waals surface area contributed by atoms with E-state index in [1.807, 2.05) is 0 Å². The summed E-state index contributed by atoms with van der Waals surface area (Å²) in [5.74, 6) is -1.29. The SMILES string of the molecule is NC(=NC(=O)c1ccoc1)c1cccc(C(F)(F)F)c1NCc1ccc(C(F)(F)F)cc1. The Labute approximate surface area is 177 Å². The van der Waals surface area contributed by atoms with Gasteiger partial charge in [-0.2, -0.15) is 31.3 Å². The Morgan fingerprint density at radius 3 is 2.22 bits per heavy atom. The fourth-order valence-corrected chi connectivity index (χ4v) is 2.81. The van der Waals surface area contributed by atoms with Gasteiger partial charge in [0, 0.05) is 12.1 Å². The van der Waals surface area contributed by atoms with Crippen LogP contribution < -0.4 is 11.1 Å². The van der Waals surface area contributed by atoms with Crippen LogP contribution in [0.5, 0.6) is 0 Å². The van der Waals surface area contributed by atoms with Crippen molar-refractivity contribution in [2.24, 2.45) is 10.7 Å². The molecule has 0 aliphatic heterocycles. The molecule has 0 radical (unpaired) electrons. The number of anilines is 1.